The number of primary amides is 1. The van der Waals surface area contributed by atoms with Gasteiger partial charge < -0.3 is 20.9 Å². The van der Waals surface area contributed by atoms with Gasteiger partial charge in [0.2, 0.25) is 0 Å². The highest BCUT2D eigenvalue weighted by Gasteiger charge is 2.26. The highest BCUT2D eigenvalue weighted by atomic mass is 32.2. The zero-order valence-electron chi connectivity index (χ0n) is 15.1. The van der Waals surface area contributed by atoms with Crippen LogP contribution in [0.3, 0.4) is 0 Å². The van der Waals surface area contributed by atoms with Crippen molar-refractivity contribution in [3.8, 4) is 0 Å². The van der Waals surface area contributed by atoms with Crippen LogP contribution in [0.1, 0.15) is 44.3 Å². The molecule has 3 amide bonds. The van der Waals surface area contributed by atoms with Crippen LogP contribution in [0.2, 0.25) is 0 Å². The first-order chi connectivity index (χ1) is 13.1. The molecule has 0 saturated carbocycles. The highest BCUT2D eigenvalue weighted by Crippen LogP contribution is 2.16. The fourth-order valence-corrected chi connectivity index (χ4v) is 3.55. The molecule has 0 atom stereocenters. The maximum atomic E-state index is 12.5. The van der Waals surface area contributed by atoms with Gasteiger partial charge in [0.15, 0.2) is 15.5 Å². The van der Waals surface area contributed by atoms with Crippen molar-refractivity contribution in [2.24, 2.45) is 5.73 Å². The predicted octanol–water partition coefficient (Wildman–Crippen LogP) is -0.725. The van der Waals surface area contributed by atoms with E-state index >= 15 is 0 Å². The van der Waals surface area contributed by atoms with Gasteiger partial charge in [0.25, 0.3) is 17.7 Å². The number of hydrogen-bond donors (Lipinski definition) is 4. The highest BCUT2D eigenvalue weighted by molar-refractivity contribution is 7.90. The molecule has 5 N–H and O–H groups in total. The van der Waals surface area contributed by atoms with Crippen LogP contribution in [0.4, 0.5) is 0 Å². The largest absolute Gasteiger partial charge is 0.364 e. The molecule has 2 aromatic heterocycles. The number of H-pyrrole nitrogens is 2. The molecule has 0 spiro atoms. The van der Waals surface area contributed by atoms with Crippen LogP contribution in [0.25, 0.3) is 0 Å². The fraction of sp³-hybridized carbons (Fsp3) is 0.375. The van der Waals surface area contributed by atoms with Gasteiger partial charge in [-0.15, -0.1) is 0 Å². The molecule has 0 radical (unpaired) electrons. The first-order valence-electron chi connectivity index (χ1n) is 8.49. The minimum Gasteiger partial charge on any atom is -0.364 e. The van der Waals surface area contributed by atoms with E-state index in [1.165, 1.54) is 18.2 Å². The molecule has 28 heavy (non-hydrogen) atoms. The number of carbonyl (C=O) groups is 3. The molecule has 1 fully saturated rings. The van der Waals surface area contributed by atoms with E-state index in [-0.39, 0.29) is 34.1 Å². The number of aromatic amines is 2. The van der Waals surface area contributed by atoms with E-state index in [9.17, 15) is 22.8 Å². The van der Waals surface area contributed by atoms with Crippen molar-refractivity contribution in [1.29, 1.82) is 0 Å². The third kappa shape index (κ3) is 4.22. The Hall–Kier alpha value is -3.15. The number of hydrogen-bond acceptors (Lipinski definition) is 6. The molecule has 11 nitrogen and oxygen atoms in total. The first kappa shape index (κ1) is 19.6. The maximum Gasteiger partial charge on any atom is 0.270 e. The molecule has 3 rings (SSSR count). The average Bonchev–Trinajstić information content (AvgIpc) is 3.31. The predicted molar refractivity (Wildman–Crippen MR) is 97.4 cm³/mol. The first-order valence-corrected chi connectivity index (χ1v) is 10.4. The lowest BCUT2D eigenvalue weighted by Gasteiger charge is -2.32. The summed E-state index contributed by atoms with van der Waals surface area (Å²) in [7, 11) is -3.41. The summed E-state index contributed by atoms with van der Waals surface area (Å²) in [6.45, 7) is 0.818. The minimum absolute atomic E-state index is 0.00659. The average molecular weight is 408 g/mol. The van der Waals surface area contributed by atoms with Crippen molar-refractivity contribution < 1.29 is 22.8 Å². The van der Waals surface area contributed by atoms with Crippen LogP contribution in [0.15, 0.2) is 23.2 Å². The summed E-state index contributed by atoms with van der Waals surface area (Å²) in [6, 6.07) is 3.94. The normalized spacial score (nSPS) is 15.4. The van der Waals surface area contributed by atoms with Crippen molar-refractivity contribution in [2.45, 2.75) is 23.9 Å². The maximum absolute atomic E-state index is 12.5. The lowest BCUT2D eigenvalue weighted by atomic mass is 10.0. The van der Waals surface area contributed by atoms with Crippen LogP contribution in [0.5, 0.6) is 0 Å². The molecule has 1 aliphatic rings. The third-order valence-corrected chi connectivity index (χ3v) is 5.52. The van der Waals surface area contributed by atoms with Crippen molar-refractivity contribution >= 4 is 27.6 Å². The molecular formula is C16H20N6O5S. The lowest BCUT2D eigenvalue weighted by molar-refractivity contribution is 0.0692. The Labute approximate surface area is 160 Å². The Morgan fingerprint density at radius 1 is 1.21 bits per heavy atom. The number of nitrogens with two attached hydrogens (primary N) is 1. The Morgan fingerprint density at radius 3 is 2.43 bits per heavy atom. The SMILES string of the molecule is CS(=O)(=O)c1ccc(C(=O)N2CCC(NC(=O)c3cc(C(N)=O)n[nH]3)CC2)[nH]1. The summed E-state index contributed by atoms with van der Waals surface area (Å²) in [5.41, 5.74) is 5.42. The zero-order valence-corrected chi connectivity index (χ0v) is 15.9. The zero-order chi connectivity index (χ0) is 20.5. The Balaban J connectivity index is 1.55. The number of sulfone groups is 1. The van der Waals surface area contributed by atoms with Gasteiger partial charge in [-0.25, -0.2) is 8.42 Å². The van der Waals surface area contributed by atoms with Gasteiger partial charge in [0.05, 0.1) is 0 Å². The number of aromatic nitrogens is 3. The number of amides is 3. The molecule has 12 heteroatoms. The monoisotopic (exact) mass is 408 g/mol. The molecule has 0 bridgehead atoms. The number of rotatable bonds is 5. The lowest BCUT2D eigenvalue weighted by Crippen LogP contribution is -2.46. The standard InChI is InChI=1S/C16H20N6O5S/c1-28(26,27)13-3-2-10(19-13)16(25)22-6-4-9(5-7-22)18-15(24)12-8-11(14(17)23)20-21-12/h2-3,8-9,19H,4-7H2,1H3,(H2,17,23)(H,18,24)(H,20,21). The molecule has 2 aromatic rings. The summed E-state index contributed by atoms with van der Waals surface area (Å²) in [5, 5.41) is 8.93. The van der Waals surface area contributed by atoms with Gasteiger partial charge >= 0.3 is 0 Å². The second kappa shape index (κ2) is 7.46. The van der Waals surface area contributed by atoms with Gasteiger partial charge in [0.1, 0.15) is 16.4 Å². The molecule has 0 aliphatic carbocycles. The number of nitrogens with zero attached hydrogens (tertiary/aromatic N) is 2. The smallest absolute Gasteiger partial charge is 0.270 e. The third-order valence-electron chi connectivity index (χ3n) is 4.48. The van der Waals surface area contributed by atoms with E-state index in [4.69, 9.17) is 5.73 Å². The second-order valence-electron chi connectivity index (χ2n) is 6.58. The Morgan fingerprint density at radius 2 is 1.89 bits per heavy atom. The quantitative estimate of drug-likeness (QED) is 0.508. The van der Waals surface area contributed by atoms with Crippen LogP contribution >= 0.6 is 0 Å². The summed E-state index contributed by atoms with van der Waals surface area (Å²) >= 11 is 0. The van der Waals surface area contributed by atoms with Crippen LogP contribution in [-0.2, 0) is 9.84 Å². The van der Waals surface area contributed by atoms with E-state index in [0.29, 0.717) is 25.9 Å². The van der Waals surface area contributed by atoms with E-state index in [1.54, 1.807) is 4.90 Å². The Bertz CT molecular complexity index is 1020. The van der Waals surface area contributed by atoms with Crippen molar-refractivity contribution in [2.75, 3.05) is 19.3 Å². The number of nitrogens with one attached hydrogen (secondary N) is 3. The molecule has 150 valence electrons. The molecular weight excluding hydrogens is 388 g/mol. The molecule has 3 heterocycles. The van der Waals surface area contributed by atoms with Crippen LogP contribution in [-0.4, -0.2) is 71.6 Å². The number of piperidine rings is 1. The molecule has 0 aromatic carbocycles. The van der Waals surface area contributed by atoms with Crippen molar-refractivity contribution in [1.82, 2.24) is 25.4 Å². The van der Waals surface area contributed by atoms with Crippen molar-refractivity contribution in [3.63, 3.8) is 0 Å². The van der Waals surface area contributed by atoms with Gasteiger partial charge in [-0.2, -0.15) is 5.10 Å². The summed E-state index contributed by atoms with van der Waals surface area (Å²) < 4.78 is 23.0. The summed E-state index contributed by atoms with van der Waals surface area (Å²) in [5.74, 6) is -1.43. The van der Waals surface area contributed by atoms with Gasteiger partial charge in [0, 0.05) is 31.5 Å². The summed E-state index contributed by atoms with van der Waals surface area (Å²) in [4.78, 5) is 40.0. The topological polar surface area (TPSA) is 171 Å². The van der Waals surface area contributed by atoms with Crippen LogP contribution in [0, 0.1) is 0 Å². The minimum atomic E-state index is -3.41. The van der Waals surface area contributed by atoms with Gasteiger partial charge in [-0.3, -0.25) is 19.5 Å². The molecule has 1 aliphatic heterocycles. The number of likely N-dealkylation sites (tertiary alicyclic amines) is 1. The second-order valence-corrected chi connectivity index (χ2v) is 8.56. The Kier molecular flexibility index (Phi) is 5.23. The van der Waals surface area contributed by atoms with E-state index < -0.39 is 21.7 Å². The van der Waals surface area contributed by atoms with E-state index in [1.807, 2.05) is 0 Å². The summed E-state index contributed by atoms with van der Waals surface area (Å²) in [6.07, 6.45) is 2.13. The van der Waals surface area contributed by atoms with Gasteiger partial charge in [-0.1, -0.05) is 0 Å². The van der Waals surface area contributed by atoms with Crippen molar-refractivity contribution in [3.05, 3.63) is 35.3 Å². The molecule has 0 unspecified atom stereocenters. The van der Waals surface area contributed by atoms with Crippen LogP contribution < -0.4 is 11.1 Å². The molecule has 1 saturated heterocycles. The fourth-order valence-electron chi connectivity index (χ4n) is 2.94. The van der Waals surface area contributed by atoms with E-state index in [0.717, 1.165) is 6.26 Å². The number of carbonyl (C=O) groups excluding carboxylic acids is 3. The van der Waals surface area contributed by atoms with Gasteiger partial charge in [-0.05, 0) is 25.0 Å². The van der Waals surface area contributed by atoms with E-state index in [2.05, 4.69) is 20.5 Å².